The van der Waals surface area contributed by atoms with Crippen LogP contribution in [0.5, 0.6) is 11.5 Å². The Bertz CT molecular complexity index is 984. The predicted octanol–water partition coefficient (Wildman–Crippen LogP) is 3.13. The zero-order valence-corrected chi connectivity index (χ0v) is 18.9. The van der Waals surface area contributed by atoms with Gasteiger partial charge in [0.2, 0.25) is 15.9 Å². The SMILES string of the molecule is CCOc1ccc(CCC(=O)NCc2ccc(S(=O)(=O)N3CCCC3)cc2)cc1OC. The molecule has 3 rings (SSSR count). The average Bonchev–Trinajstić information content (AvgIpc) is 3.33. The number of amides is 1. The van der Waals surface area contributed by atoms with Crippen molar-refractivity contribution in [1.82, 2.24) is 9.62 Å². The molecule has 1 N–H and O–H groups in total. The van der Waals surface area contributed by atoms with E-state index in [1.54, 1.807) is 31.4 Å². The molecule has 0 saturated carbocycles. The van der Waals surface area contributed by atoms with Gasteiger partial charge < -0.3 is 14.8 Å². The van der Waals surface area contributed by atoms with Crippen LogP contribution in [0, 0.1) is 0 Å². The van der Waals surface area contributed by atoms with Crippen LogP contribution in [-0.4, -0.2) is 45.4 Å². The summed E-state index contributed by atoms with van der Waals surface area (Å²) in [5, 5.41) is 2.89. The number of ether oxygens (including phenoxy) is 2. The number of methoxy groups -OCH3 is 1. The van der Waals surface area contributed by atoms with Gasteiger partial charge in [0.1, 0.15) is 0 Å². The molecule has 0 bridgehead atoms. The summed E-state index contributed by atoms with van der Waals surface area (Å²) in [6, 6.07) is 12.4. The molecule has 0 aromatic heterocycles. The number of rotatable bonds is 10. The van der Waals surface area contributed by atoms with Crippen LogP contribution in [0.2, 0.25) is 0 Å². The maximum atomic E-state index is 12.6. The van der Waals surface area contributed by atoms with Gasteiger partial charge in [0.05, 0.1) is 18.6 Å². The Hall–Kier alpha value is -2.58. The van der Waals surface area contributed by atoms with Gasteiger partial charge in [0.25, 0.3) is 0 Å². The Balaban J connectivity index is 1.49. The van der Waals surface area contributed by atoms with Crippen molar-refractivity contribution in [1.29, 1.82) is 0 Å². The first-order valence-corrected chi connectivity index (χ1v) is 12.0. The molecular weight excluding hydrogens is 416 g/mol. The van der Waals surface area contributed by atoms with Crippen LogP contribution < -0.4 is 14.8 Å². The Morgan fingerprint density at radius 3 is 2.35 bits per heavy atom. The van der Waals surface area contributed by atoms with Crippen molar-refractivity contribution >= 4 is 15.9 Å². The van der Waals surface area contributed by atoms with Crippen LogP contribution in [0.4, 0.5) is 0 Å². The quantitative estimate of drug-likeness (QED) is 0.606. The largest absolute Gasteiger partial charge is 0.493 e. The zero-order valence-electron chi connectivity index (χ0n) is 18.1. The molecule has 2 aromatic rings. The van der Waals surface area contributed by atoms with Crippen LogP contribution in [0.15, 0.2) is 47.4 Å². The van der Waals surface area contributed by atoms with E-state index in [2.05, 4.69) is 5.32 Å². The highest BCUT2D eigenvalue weighted by molar-refractivity contribution is 7.89. The summed E-state index contributed by atoms with van der Waals surface area (Å²) in [5.41, 5.74) is 1.85. The Morgan fingerprint density at radius 2 is 1.71 bits per heavy atom. The molecule has 0 aliphatic carbocycles. The van der Waals surface area contributed by atoms with E-state index in [1.165, 1.54) is 4.31 Å². The zero-order chi connectivity index (χ0) is 22.3. The van der Waals surface area contributed by atoms with E-state index < -0.39 is 10.0 Å². The van der Waals surface area contributed by atoms with Crippen molar-refractivity contribution in [2.24, 2.45) is 0 Å². The fourth-order valence-electron chi connectivity index (χ4n) is 3.55. The molecular formula is C23H30N2O5S. The molecule has 0 radical (unpaired) electrons. The molecule has 1 saturated heterocycles. The van der Waals surface area contributed by atoms with E-state index in [0.717, 1.165) is 24.0 Å². The normalized spacial score (nSPS) is 14.4. The minimum Gasteiger partial charge on any atom is -0.493 e. The first-order chi connectivity index (χ1) is 14.9. The molecule has 168 valence electrons. The second-order valence-electron chi connectivity index (χ2n) is 7.45. The van der Waals surface area contributed by atoms with Crippen LogP contribution in [0.1, 0.15) is 37.3 Å². The van der Waals surface area contributed by atoms with Crippen molar-refractivity contribution in [2.75, 3.05) is 26.8 Å². The van der Waals surface area contributed by atoms with Gasteiger partial charge in [-0.2, -0.15) is 4.31 Å². The van der Waals surface area contributed by atoms with E-state index >= 15 is 0 Å². The Morgan fingerprint density at radius 1 is 1.03 bits per heavy atom. The summed E-state index contributed by atoms with van der Waals surface area (Å²) in [6.07, 6.45) is 2.75. The van der Waals surface area contributed by atoms with Crippen molar-refractivity contribution in [3.63, 3.8) is 0 Å². The number of sulfonamides is 1. The highest BCUT2D eigenvalue weighted by Crippen LogP contribution is 2.28. The highest BCUT2D eigenvalue weighted by Gasteiger charge is 2.26. The van der Waals surface area contributed by atoms with E-state index in [-0.39, 0.29) is 5.91 Å². The molecule has 7 nitrogen and oxygen atoms in total. The first kappa shape index (κ1) is 23.1. The van der Waals surface area contributed by atoms with Crippen LogP contribution in [-0.2, 0) is 27.8 Å². The molecule has 0 unspecified atom stereocenters. The second kappa shape index (κ2) is 10.6. The van der Waals surface area contributed by atoms with Crippen LogP contribution in [0.25, 0.3) is 0 Å². The fraction of sp³-hybridized carbons (Fsp3) is 0.435. The maximum absolute atomic E-state index is 12.6. The summed E-state index contributed by atoms with van der Waals surface area (Å²) >= 11 is 0. The lowest BCUT2D eigenvalue weighted by Gasteiger charge is -2.15. The van der Waals surface area contributed by atoms with Gasteiger partial charge in [0.15, 0.2) is 11.5 Å². The summed E-state index contributed by atoms with van der Waals surface area (Å²) in [4.78, 5) is 12.5. The number of hydrogen-bond donors (Lipinski definition) is 1. The molecule has 31 heavy (non-hydrogen) atoms. The van der Waals surface area contributed by atoms with E-state index in [4.69, 9.17) is 9.47 Å². The lowest BCUT2D eigenvalue weighted by Crippen LogP contribution is -2.28. The number of aryl methyl sites for hydroxylation is 1. The number of carbonyl (C=O) groups is 1. The van der Waals surface area contributed by atoms with Crippen molar-refractivity contribution in [2.45, 2.75) is 44.0 Å². The number of hydrogen-bond acceptors (Lipinski definition) is 5. The fourth-order valence-corrected chi connectivity index (χ4v) is 5.06. The van der Waals surface area contributed by atoms with Gasteiger partial charge in [-0.3, -0.25) is 4.79 Å². The number of benzene rings is 2. The molecule has 1 aliphatic heterocycles. The summed E-state index contributed by atoms with van der Waals surface area (Å²) in [6.45, 7) is 4.00. The van der Waals surface area contributed by atoms with E-state index in [1.807, 2.05) is 25.1 Å². The maximum Gasteiger partial charge on any atom is 0.243 e. The van der Waals surface area contributed by atoms with E-state index in [9.17, 15) is 13.2 Å². The smallest absolute Gasteiger partial charge is 0.243 e. The van der Waals surface area contributed by atoms with Crippen LogP contribution in [0.3, 0.4) is 0 Å². The van der Waals surface area contributed by atoms with E-state index in [0.29, 0.717) is 55.5 Å². The molecule has 0 atom stereocenters. The summed E-state index contributed by atoms with van der Waals surface area (Å²) < 4.78 is 37.5. The van der Waals surface area contributed by atoms with Crippen LogP contribution >= 0.6 is 0 Å². The van der Waals surface area contributed by atoms with Crippen molar-refractivity contribution in [3.05, 3.63) is 53.6 Å². The average molecular weight is 447 g/mol. The monoisotopic (exact) mass is 446 g/mol. The Kier molecular flexibility index (Phi) is 7.92. The van der Waals surface area contributed by atoms with Gasteiger partial charge >= 0.3 is 0 Å². The summed E-state index contributed by atoms with van der Waals surface area (Å²) in [7, 11) is -1.82. The third-order valence-corrected chi connectivity index (χ3v) is 7.20. The second-order valence-corrected chi connectivity index (χ2v) is 9.39. The van der Waals surface area contributed by atoms with Gasteiger partial charge in [-0.05, 0) is 61.6 Å². The minimum absolute atomic E-state index is 0.0679. The van der Waals surface area contributed by atoms with Gasteiger partial charge in [-0.15, -0.1) is 0 Å². The molecule has 2 aromatic carbocycles. The molecule has 8 heteroatoms. The molecule has 1 aliphatic rings. The lowest BCUT2D eigenvalue weighted by molar-refractivity contribution is -0.121. The number of carbonyl (C=O) groups excluding carboxylic acids is 1. The molecule has 0 spiro atoms. The van der Waals surface area contributed by atoms with Gasteiger partial charge in [-0.1, -0.05) is 18.2 Å². The molecule has 1 fully saturated rings. The lowest BCUT2D eigenvalue weighted by atomic mass is 10.1. The van der Waals surface area contributed by atoms with Crippen molar-refractivity contribution < 1.29 is 22.7 Å². The molecule has 1 amide bonds. The van der Waals surface area contributed by atoms with Crippen molar-refractivity contribution in [3.8, 4) is 11.5 Å². The summed E-state index contributed by atoms with van der Waals surface area (Å²) in [5.74, 6) is 1.28. The number of nitrogens with one attached hydrogen (secondary N) is 1. The topological polar surface area (TPSA) is 84.9 Å². The highest BCUT2D eigenvalue weighted by atomic mass is 32.2. The first-order valence-electron chi connectivity index (χ1n) is 10.6. The Labute approximate surface area is 184 Å². The minimum atomic E-state index is -3.41. The predicted molar refractivity (Wildman–Crippen MR) is 119 cm³/mol. The molecule has 1 heterocycles. The third-order valence-electron chi connectivity index (χ3n) is 5.28. The van der Waals surface area contributed by atoms with Gasteiger partial charge in [0, 0.05) is 26.1 Å². The van der Waals surface area contributed by atoms with Gasteiger partial charge in [-0.25, -0.2) is 8.42 Å². The third kappa shape index (κ3) is 5.98. The number of nitrogens with zero attached hydrogens (tertiary/aromatic N) is 1. The standard InChI is InChI=1S/C23H30N2O5S/c1-3-30-21-12-8-18(16-22(21)29-2)9-13-23(26)24-17-19-6-10-20(11-7-19)31(27,28)25-14-4-5-15-25/h6-8,10-12,16H,3-5,9,13-15,17H2,1-2H3,(H,24,26).